The number of nitrogens with zero attached hydrogens (tertiary/aromatic N) is 4. The molecule has 0 radical (unpaired) electrons. The molecule has 0 amide bonds. The van der Waals surface area contributed by atoms with Gasteiger partial charge in [-0.3, -0.25) is 4.57 Å². The van der Waals surface area contributed by atoms with E-state index in [9.17, 15) is 5.11 Å². The Kier molecular flexibility index (Phi) is 4.66. The predicted octanol–water partition coefficient (Wildman–Crippen LogP) is 2.89. The molecule has 1 fully saturated rings. The summed E-state index contributed by atoms with van der Waals surface area (Å²) in [5.74, 6) is 0.962. The molecule has 3 heterocycles. The van der Waals surface area contributed by atoms with E-state index in [4.69, 9.17) is 14.2 Å². The molecule has 1 unspecified atom stereocenters. The Morgan fingerprint density at radius 1 is 1.26 bits per heavy atom. The van der Waals surface area contributed by atoms with Crippen LogP contribution in [0, 0.1) is 0 Å². The second kappa shape index (κ2) is 7.12. The van der Waals surface area contributed by atoms with Crippen LogP contribution in [0.25, 0.3) is 11.2 Å². The Balaban J connectivity index is 1.76. The molecule has 10 heteroatoms. The molecule has 2 N–H and O–H groups in total. The van der Waals surface area contributed by atoms with Crippen molar-refractivity contribution in [1.29, 1.82) is 0 Å². The summed E-state index contributed by atoms with van der Waals surface area (Å²) in [4.78, 5) is 13.2. The van der Waals surface area contributed by atoms with Crippen molar-refractivity contribution in [2.24, 2.45) is 0 Å². The third kappa shape index (κ3) is 3.21. The van der Waals surface area contributed by atoms with Crippen molar-refractivity contribution in [3.05, 3.63) is 18.5 Å². The number of thiol groups is 1. The number of hydrogen-bond acceptors (Lipinski definition) is 9. The molecular weight excluding hydrogens is 370 g/mol. The molecule has 0 spiro atoms. The Morgan fingerprint density at radius 3 is 2.63 bits per heavy atom. The van der Waals surface area contributed by atoms with Gasteiger partial charge in [-0.2, -0.15) is 0 Å². The Morgan fingerprint density at radius 2 is 2.00 bits per heavy atom. The quantitative estimate of drug-likeness (QED) is 0.348. The van der Waals surface area contributed by atoms with Gasteiger partial charge in [-0.05, 0) is 12.8 Å². The molecule has 0 bridgehead atoms. The van der Waals surface area contributed by atoms with Crippen LogP contribution in [-0.4, -0.2) is 45.5 Å². The van der Waals surface area contributed by atoms with Crippen LogP contribution in [0.15, 0.2) is 23.6 Å². The van der Waals surface area contributed by atoms with E-state index in [2.05, 4.69) is 32.9 Å². The SMILES string of the molecule is COc1cc(Nc2nc(S)nc3c2ncn3C2CCCO2)cc(OC)c1O. The number of nitrogens with one attached hydrogen (secondary N) is 1. The Hall–Kier alpha value is -2.72. The lowest BCUT2D eigenvalue weighted by molar-refractivity contribution is 0.0592. The average molecular weight is 389 g/mol. The van der Waals surface area contributed by atoms with Crippen LogP contribution in [0.2, 0.25) is 0 Å². The highest BCUT2D eigenvalue weighted by molar-refractivity contribution is 7.80. The lowest BCUT2D eigenvalue weighted by Crippen LogP contribution is -2.07. The van der Waals surface area contributed by atoms with E-state index < -0.39 is 0 Å². The van der Waals surface area contributed by atoms with Gasteiger partial charge in [0.1, 0.15) is 6.23 Å². The fraction of sp³-hybridized carbons (Fsp3) is 0.353. The third-order valence-electron chi connectivity index (χ3n) is 4.37. The summed E-state index contributed by atoms with van der Waals surface area (Å²) in [6, 6.07) is 3.28. The number of phenolic OH excluding ortho intramolecular Hbond substituents is 1. The number of imidazole rings is 1. The number of rotatable bonds is 5. The second-order valence-electron chi connectivity index (χ2n) is 6.02. The number of aromatic nitrogens is 4. The highest BCUT2D eigenvalue weighted by Gasteiger charge is 2.22. The van der Waals surface area contributed by atoms with Gasteiger partial charge < -0.3 is 24.6 Å². The third-order valence-corrected chi connectivity index (χ3v) is 4.57. The molecule has 2 aromatic heterocycles. The van der Waals surface area contributed by atoms with E-state index in [0.29, 0.717) is 27.8 Å². The molecule has 1 aliphatic rings. The van der Waals surface area contributed by atoms with Crippen molar-refractivity contribution in [2.45, 2.75) is 24.2 Å². The number of anilines is 2. The van der Waals surface area contributed by atoms with E-state index in [1.807, 2.05) is 4.57 Å². The van der Waals surface area contributed by atoms with Gasteiger partial charge in [0.05, 0.1) is 20.5 Å². The van der Waals surface area contributed by atoms with E-state index in [1.165, 1.54) is 14.2 Å². The van der Waals surface area contributed by atoms with Crippen LogP contribution in [-0.2, 0) is 4.74 Å². The molecule has 4 rings (SSSR count). The van der Waals surface area contributed by atoms with Crippen LogP contribution in [0.4, 0.5) is 11.5 Å². The first-order chi connectivity index (χ1) is 13.1. The molecule has 142 valence electrons. The molecule has 1 aliphatic heterocycles. The van der Waals surface area contributed by atoms with Crippen molar-refractivity contribution >= 4 is 35.3 Å². The largest absolute Gasteiger partial charge is 0.502 e. The van der Waals surface area contributed by atoms with Gasteiger partial charge in [-0.1, -0.05) is 0 Å². The first-order valence-electron chi connectivity index (χ1n) is 8.38. The summed E-state index contributed by atoms with van der Waals surface area (Å²) in [7, 11) is 2.94. The fourth-order valence-electron chi connectivity index (χ4n) is 3.09. The lowest BCUT2D eigenvalue weighted by Gasteiger charge is -2.14. The van der Waals surface area contributed by atoms with Gasteiger partial charge in [0.25, 0.3) is 0 Å². The molecule has 0 saturated carbocycles. The minimum Gasteiger partial charge on any atom is -0.502 e. The Bertz CT molecular complexity index is 962. The summed E-state index contributed by atoms with van der Waals surface area (Å²) in [5.41, 5.74) is 1.84. The van der Waals surface area contributed by atoms with E-state index in [1.54, 1.807) is 18.5 Å². The molecule has 27 heavy (non-hydrogen) atoms. The van der Waals surface area contributed by atoms with Gasteiger partial charge in [0.2, 0.25) is 5.75 Å². The topological polar surface area (TPSA) is 104 Å². The normalized spacial score (nSPS) is 16.6. The second-order valence-corrected chi connectivity index (χ2v) is 6.42. The maximum absolute atomic E-state index is 10.1. The van der Waals surface area contributed by atoms with Crippen molar-refractivity contribution < 1.29 is 19.3 Å². The van der Waals surface area contributed by atoms with Crippen molar-refractivity contribution in [2.75, 3.05) is 26.1 Å². The highest BCUT2D eigenvalue weighted by Crippen LogP contribution is 2.40. The average Bonchev–Trinajstić information content (AvgIpc) is 3.32. The zero-order chi connectivity index (χ0) is 19.0. The van der Waals surface area contributed by atoms with Crippen LogP contribution in [0.3, 0.4) is 0 Å². The van der Waals surface area contributed by atoms with Gasteiger partial charge in [-0.25, -0.2) is 15.0 Å². The summed E-state index contributed by atoms with van der Waals surface area (Å²) < 4.78 is 18.0. The maximum Gasteiger partial charge on any atom is 0.200 e. The summed E-state index contributed by atoms with van der Waals surface area (Å²) >= 11 is 4.32. The Labute approximate surface area is 160 Å². The zero-order valence-electron chi connectivity index (χ0n) is 14.8. The minimum atomic E-state index is -0.0839. The fourth-order valence-corrected chi connectivity index (χ4v) is 3.28. The zero-order valence-corrected chi connectivity index (χ0v) is 15.7. The van der Waals surface area contributed by atoms with Crippen molar-refractivity contribution in [3.63, 3.8) is 0 Å². The summed E-state index contributed by atoms with van der Waals surface area (Å²) in [6.07, 6.45) is 3.53. The molecule has 1 aromatic carbocycles. The molecule has 3 aromatic rings. The van der Waals surface area contributed by atoms with Crippen LogP contribution in [0.5, 0.6) is 17.2 Å². The van der Waals surface area contributed by atoms with Crippen LogP contribution in [0.1, 0.15) is 19.1 Å². The number of phenols is 1. The smallest absolute Gasteiger partial charge is 0.200 e. The summed E-state index contributed by atoms with van der Waals surface area (Å²) in [5, 5.41) is 13.6. The van der Waals surface area contributed by atoms with Crippen LogP contribution < -0.4 is 14.8 Å². The highest BCUT2D eigenvalue weighted by atomic mass is 32.1. The van der Waals surface area contributed by atoms with Gasteiger partial charge in [0, 0.05) is 24.4 Å². The van der Waals surface area contributed by atoms with E-state index >= 15 is 0 Å². The first-order valence-corrected chi connectivity index (χ1v) is 8.82. The number of methoxy groups -OCH3 is 2. The standard InChI is InChI=1S/C17H19N5O4S/c1-24-10-6-9(7-11(25-2)14(10)23)19-15-13-16(21-17(27)20-15)22(8-18-13)12-4-3-5-26-12/h6-8,12,23H,3-5H2,1-2H3,(H2,19,20,21,27). The number of benzene rings is 1. The molecular formula is C17H19N5O4S. The van der Waals surface area contributed by atoms with E-state index in [-0.39, 0.29) is 23.5 Å². The molecule has 1 saturated heterocycles. The van der Waals surface area contributed by atoms with Gasteiger partial charge >= 0.3 is 0 Å². The van der Waals surface area contributed by atoms with Crippen molar-refractivity contribution in [1.82, 2.24) is 19.5 Å². The maximum atomic E-state index is 10.1. The first kappa shape index (κ1) is 17.7. The van der Waals surface area contributed by atoms with Gasteiger partial charge in [-0.15, -0.1) is 12.6 Å². The van der Waals surface area contributed by atoms with Crippen molar-refractivity contribution in [3.8, 4) is 17.2 Å². The lowest BCUT2D eigenvalue weighted by atomic mass is 10.2. The number of ether oxygens (including phenoxy) is 3. The molecule has 0 aliphatic carbocycles. The summed E-state index contributed by atoms with van der Waals surface area (Å²) in [6.45, 7) is 0.724. The van der Waals surface area contributed by atoms with Crippen LogP contribution >= 0.6 is 12.6 Å². The molecule has 1 atom stereocenters. The predicted molar refractivity (Wildman–Crippen MR) is 101 cm³/mol. The minimum absolute atomic E-state index is 0.0732. The number of aromatic hydroxyl groups is 1. The number of hydrogen-bond donors (Lipinski definition) is 3. The number of fused-ring (bicyclic) bond motifs is 1. The monoisotopic (exact) mass is 389 g/mol. The van der Waals surface area contributed by atoms with Gasteiger partial charge in [0.15, 0.2) is 33.6 Å². The van der Waals surface area contributed by atoms with E-state index in [0.717, 1.165) is 19.4 Å². The molecule has 9 nitrogen and oxygen atoms in total.